The van der Waals surface area contributed by atoms with Crippen LogP contribution in [0.3, 0.4) is 0 Å². The summed E-state index contributed by atoms with van der Waals surface area (Å²) < 4.78 is 75.9. The quantitative estimate of drug-likeness (QED) is 0.376. The molecule has 2 N–H and O–H groups in total. The number of carbonyl (C=O) groups is 1. The number of nitrogens with one attached hydrogen (secondary N) is 1. The molecule has 0 radical (unpaired) electrons. The minimum atomic E-state index is -5.59. The normalized spacial score (nSPS) is 21.9. The molecule has 0 bridgehead atoms. The van der Waals surface area contributed by atoms with Gasteiger partial charge < -0.3 is 10.4 Å². The molecule has 2 rings (SSSR count). The summed E-state index contributed by atoms with van der Waals surface area (Å²) in [4.78, 5) is 16.4. The van der Waals surface area contributed by atoms with Crippen LogP contribution in [0.15, 0.2) is 17.1 Å². The Kier molecular flexibility index (Phi) is 7.30. The van der Waals surface area contributed by atoms with E-state index in [-0.39, 0.29) is 13.0 Å². The van der Waals surface area contributed by atoms with E-state index in [0.717, 1.165) is 0 Å². The molecule has 0 saturated heterocycles. The van der Waals surface area contributed by atoms with Gasteiger partial charge in [0, 0.05) is 6.54 Å². The first-order chi connectivity index (χ1) is 14.0. The van der Waals surface area contributed by atoms with Crippen molar-refractivity contribution in [3.05, 3.63) is 27.7 Å². The maximum absolute atomic E-state index is 13.5. The standard InChI is InChI=1S/C16H13Cl4F6N3O2/c1-2-3-4-29-11(30)13(19,20)15(31,16(24,25)26)28-12(29)27-10-8(17)5-7(6-9(10)18)14(21,22)23/h5-6,31H,2-4H2,1H3,(H,27,28). The van der Waals surface area contributed by atoms with Gasteiger partial charge in [0.15, 0.2) is 0 Å². The van der Waals surface area contributed by atoms with Crippen molar-refractivity contribution in [1.29, 1.82) is 0 Å². The van der Waals surface area contributed by atoms with Crippen molar-refractivity contribution in [3.8, 4) is 0 Å². The van der Waals surface area contributed by atoms with Crippen molar-refractivity contribution < 1.29 is 36.2 Å². The minimum Gasteiger partial charge on any atom is -0.359 e. The van der Waals surface area contributed by atoms with E-state index >= 15 is 0 Å². The first-order valence-corrected chi connectivity index (χ1v) is 9.90. The van der Waals surface area contributed by atoms with Crippen LogP contribution >= 0.6 is 46.4 Å². The van der Waals surface area contributed by atoms with Crippen LogP contribution in [0.5, 0.6) is 0 Å². The molecular weight excluding hydrogens is 522 g/mol. The Balaban J connectivity index is 2.64. The highest BCUT2D eigenvalue weighted by Gasteiger charge is 2.73. The highest BCUT2D eigenvalue weighted by Crippen LogP contribution is 2.49. The van der Waals surface area contributed by atoms with Crippen molar-refractivity contribution in [2.45, 2.75) is 42.2 Å². The number of hydrogen-bond donors (Lipinski definition) is 2. The zero-order valence-corrected chi connectivity index (χ0v) is 18.3. The Morgan fingerprint density at radius 3 is 2.06 bits per heavy atom. The molecule has 31 heavy (non-hydrogen) atoms. The lowest BCUT2D eigenvalue weighted by atomic mass is 10.1. The molecule has 1 aromatic carbocycles. The summed E-state index contributed by atoms with van der Waals surface area (Å²) in [6.07, 6.45) is -9.65. The van der Waals surface area contributed by atoms with E-state index in [9.17, 15) is 36.2 Å². The molecule has 0 spiro atoms. The zero-order chi connectivity index (χ0) is 24.0. The summed E-state index contributed by atoms with van der Waals surface area (Å²) in [5.74, 6) is -2.46. The topological polar surface area (TPSA) is 64.9 Å². The number of carbonyl (C=O) groups excluding carboxylic acids is 1. The van der Waals surface area contributed by atoms with Gasteiger partial charge in [0.2, 0.25) is 5.96 Å². The second-order valence-electron chi connectivity index (χ2n) is 6.43. The molecule has 1 unspecified atom stereocenters. The molecule has 174 valence electrons. The first-order valence-electron chi connectivity index (χ1n) is 8.39. The number of guanidine groups is 1. The van der Waals surface area contributed by atoms with Gasteiger partial charge in [-0.1, -0.05) is 59.7 Å². The Bertz CT molecular complexity index is 883. The van der Waals surface area contributed by atoms with Crippen LogP contribution < -0.4 is 5.32 Å². The van der Waals surface area contributed by atoms with E-state index in [1.165, 1.54) is 0 Å². The first kappa shape index (κ1) is 26.1. The summed E-state index contributed by atoms with van der Waals surface area (Å²) in [5, 5.41) is 11.0. The van der Waals surface area contributed by atoms with E-state index in [0.29, 0.717) is 23.5 Å². The lowest BCUT2D eigenvalue weighted by molar-refractivity contribution is -0.262. The Morgan fingerprint density at radius 2 is 1.65 bits per heavy atom. The third kappa shape index (κ3) is 4.80. The monoisotopic (exact) mass is 533 g/mol. The van der Waals surface area contributed by atoms with Crippen molar-refractivity contribution in [2.75, 3.05) is 11.9 Å². The number of alkyl halides is 8. The Labute approximate surface area is 191 Å². The van der Waals surface area contributed by atoms with Crippen LogP contribution in [0, 0.1) is 0 Å². The molecule has 0 aliphatic carbocycles. The molecular formula is C16H13Cl4F6N3O2. The molecule has 1 heterocycles. The van der Waals surface area contributed by atoms with Gasteiger partial charge in [-0.3, -0.25) is 9.69 Å². The number of halogens is 10. The van der Waals surface area contributed by atoms with Crippen LogP contribution in [0.4, 0.5) is 32.0 Å². The van der Waals surface area contributed by atoms with Crippen molar-refractivity contribution in [2.24, 2.45) is 4.99 Å². The summed E-state index contributed by atoms with van der Waals surface area (Å²) in [6, 6.07) is 0.946. The number of aliphatic imine (C=N–C) groups is 1. The lowest BCUT2D eigenvalue weighted by Crippen LogP contribution is -2.68. The van der Waals surface area contributed by atoms with E-state index in [1.54, 1.807) is 6.92 Å². The lowest BCUT2D eigenvalue weighted by Gasteiger charge is -2.43. The number of rotatable bonds is 4. The zero-order valence-electron chi connectivity index (χ0n) is 15.3. The molecule has 1 aliphatic heterocycles. The molecule has 1 aromatic rings. The van der Waals surface area contributed by atoms with Crippen molar-refractivity contribution in [1.82, 2.24) is 4.90 Å². The number of hydrogen-bond acceptors (Lipinski definition) is 4. The molecule has 1 atom stereocenters. The van der Waals surface area contributed by atoms with Crippen molar-refractivity contribution >= 4 is 64.0 Å². The number of aliphatic hydroxyl groups is 1. The molecule has 0 saturated carbocycles. The van der Waals surface area contributed by atoms with Gasteiger partial charge in [0.05, 0.1) is 21.3 Å². The third-order valence-corrected chi connectivity index (χ3v) is 5.66. The maximum Gasteiger partial charge on any atom is 0.442 e. The van der Waals surface area contributed by atoms with E-state index in [2.05, 4.69) is 10.3 Å². The minimum absolute atomic E-state index is 0.230. The summed E-state index contributed by atoms with van der Waals surface area (Å²) >= 11 is 22.8. The number of unbranched alkanes of at least 4 members (excludes halogenated alkanes) is 1. The number of benzene rings is 1. The van der Waals surface area contributed by atoms with E-state index < -0.39 is 55.6 Å². The van der Waals surface area contributed by atoms with Crippen molar-refractivity contribution in [3.63, 3.8) is 0 Å². The van der Waals surface area contributed by atoms with Gasteiger partial charge in [0.25, 0.3) is 16.0 Å². The largest absolute Gasteiger partial charge is 0.442 e. The van der Waals surface area contributed by atoms with Crippen LogP contribution in [0.2, 0.25) is 10.0 Å². The number of nitrogens with zero attached hydrogens (tertiary/aromatic N) is 2. The summed E-state index contributed by atoms with van der Waals surface area (Å²) in [7, 11) is 0. The van der Waals surface area contributed by atoms with Gasteiger partial charge in [-0.2, -0.15) is 26.3 Å². The SMILES string of the molecule is CCCCN1C(=O)C(Cl)(Cl)C(O)(C(F)(F)F)N=C1Nc1c(Cl)cc(C(F)(F)F)cc1Cl. The van der Waals surface area contributed by atoms with Gasteiger partial charge >= 0.3 is 12.4 Å². The van der Waals surface area contributed by atoms with Gasteiger partial charge in [-0.15, -0.1) is 0 Å². The molecule has 1 amide bonds. The predicted octanol–water partition coefficient (Wildman–Crippen LogP) is 5.85. The average Bonchev–Trinajstić information content (AvgIpc) is 2.61. The van der Waals surface area contributed by atoms with E-state index in [1.807, 2.05) is 0 Å². The second-order valence-corrected chi connectivity index (χ2v) is 8.57. The Morgan fingerprint density at radius 1 is 1.13 bits per heavy atom. The van der Waals surface area contributed by atoms with Gasteiger partial charge in [0.1, 0.15) is 0 Å². The highest BCUT2D eigenvalue weighted by molar-refractivity contribution is 6.60. The molecule has 0 fully saturated rings. The van der Waals surface area contributed by atoms with E-state index in [4.69, 9.17) is 46.4 Å². The number of amides is 1. The fourth-order valence-corrected chi connectivity index (χ4v) is 3.61. The summed E-state index contributed by atoms with van der Waals surface area (Å²) in [6.45, 7) is 1.48. The fraction of sp³-hybridized carbons (Fsp3) is 0.500. The second kappa shape index (κ2) is 8.66. The van der Waals surface area contributed by atoms with Gasteiger partial charge in [-0.25, -0.2) is 4.99 Å². The van der Waals surface area contributed by atoms with Crippen LogP contribution in [0.1, 0.15) is 25.3 Å². The fourth-order valence-electron chi connectivity index (χ4n) is 2.53. The molecule has 0 aromatic heterocycles. The number of anilines is 1. The average molecular weight is 535 g/mol. The van der Waals surface area contributed by atoms with Crippen LogP contribution in [-0.2, 0) is 11.0 Å². The molecule has 15 heteroatoms. The molecule has 1 aliphatic rings. The van der Waals surface area contributed by atoms with Crippen LogP contribution in [-0.4, -0.2) is 44.7 Å². The van der Waals surface area contributed by atoms with Gasteiger partial charge in [-0.05, 0) is 18.6 Å². The smallest absolute Gasteiger partial charge is 0.359 e. The third-order valence-electron chi connectivity index (χ3n) is 4.21. The summed E-state index contributed by atoms with van der Waals surface area (Å²) in [5.41, 5.74) is -5.97. The predicted molar refractivity (Wildman–Crippen MR) is 105 cm³/mol. The maximum atomic E-state index is 13.5. The molecule has 5 nitrogen and oxygen atoms in total. The Hall–Kier alpha value is -1.14. The van der Waals surface area contributed by atoms with Crippen LogP contribution in [0.25, 0.3) is 0 Å². The highest BCUT2D eigenvalue weighted by atomic mass is 35.5.